The summed E-state index contributed by atoms with van der Waals surface area (Å²) in [5.41, 5.74) is 2.78. The van der Waals surface area contributed by atoms with Crippen LogP contribution in [0.5, 0.6) is 0 Å². The Labute approximate surface area is 130 Å². The lowest BCUT2D eigenvalue weighted by molar-refractivity contribution is 0.0925. The fraction of sp³-hybridized carbons (Fsp3) is 0.667. The van der Waals surface area contributed by atoms with Crippen LogP contribution >= 0.6 is 36.2 Å². The molecule has 1 aliphatic rings. The molecular weight excluding hydrogens is 305 g/mol. The zero-order valence-electron chi connectivity index (χ0n) is 11.2. The molecule has 0 unspecified atom stereocenters. The lowest BCUT2D eigenvalue weighted by Gasteiger charge is -2.34. The van der Waals surface area contributed by atoms with Crippen molar-refractivity contribution in [1.29, 1.82) is 0 Å². The van der Waals surface area contributed by atoms with Gasteiger partial charge in [-0.1, -0.05) is 6.92 Å². The lowest BCUT2D eigenvalue weighted by Crippen LogP contribution is -2.42. The first-order valence-corrected chi connectivity index (χ1v) is 6.88. The number of aryl methyl sites for hydroxylation is 1. The second-order valence-corrected chi connectivity index (χ2v) is 5.87. The van der Waals surface area contributed by atoms with Crippen molar-refractivity contribution in [3.63, 3.8) is 0 Å². The number of nitrogens with zero attached hydrogens (tertiary/aromatic N) is 1. The van der Waals surface area contributed by atoms with E-state index in [0.29, 0.717) is 0 Å². The van der Waals surface area contributed by atoms with E-state index in [0.717, 1.165) is 43.0 Å². The van der Waals surface area contributed by atoms with Crippen LogP contribution in [0.3, 0.4) is 0 Å². The molecule has 0 aromatic carbocycles. The number of aromatic nitrogens is 1. The number of nitrogens with one attached hydrogen (secondary N) is 2. The average Bonchev–Trinajstić information content (AvgIpc) is 2.74. The van der Waals surface area contributed by atoms with Gasteiger partial charge in [0.15, 0.2) is 0 Å². The molecule has 1 saturated heterocycles. The summed E-state index contributed by atoms with van der Waals surface area (Å²) < 4.78 is 0. The molecule has 0 bridgehead atoms. The number of rotatable bonds is 3. The van der Waals surface area contributed by atoms with E-state index in [1.54, 1.807) is 5.51 Å². The Kier molecular flexibility index (Phi) is 7.89. The van der Waals surface area contributed by atoms with Gasteiger partial charge in [0.1, 0.15) is 4.88 Å². The Morgan fingerprint density at radius 3 is 2.63 bits per heavy atom. The number of thiazole rings is 1. The van der Waals surface area contributed by atoms with E-state index in [1.165, 1.54) is 11.3 Å². The van der Waals surface area contributed by atoms with Crippen molar-refractivity contribution in [2.75, 3.05) is 19.6 Å². The van der Waals surface area contributed by atoms with Gasteiger partial charge in [0.2, 0.25) is 0 Å². The number of amides is 1. The minimum absolute atomic E-state index is 0. The Morgan fingerprint density at radius 2 is 2.11 bits per heavy atom. The first-order chi connectivity index (χ1) is 8.11. The molecule has 7 heteroatoms. The summed E-state index contributed by atoms with van der Waals surface area (Å²) in [5.74, 6) is 0.0183. The van der Waals surface area contributed by atoms with Gasteiger partial charge in [-0.05, 0) is 38.3 Å². The van der Waals surface area contributed by atoms with E-state index in [2.05, 4.69) is 22.5 Å². The summed E-state index contributed by atoms with van der Waals surface area (Å²) in [6.07, 6.45) is 2.24. The highest BCUT2D eigenvalue weighted by Crippen LogP contribution is 2.26. The van der Waals surface area contributed by atoms with Crippen molar-refractivity contribution in [2.24, 2.45) is 5.41 Å². The third kappa shape index (κ3) is 4.91. The molecule has 2 N–H and O–H groups in total. The molecule has 19 heavy (non-hydrogen) atoms. The van der Waals surface area contributed by atoms with E-state index in [-0.39, 0.29) is 36.1 Å². The highest BCUT2D eigenvalue weighted by molar-refractivity contribution is 7.11. The van der Waals surface area contributed by atoms with Crippen LogP contribution in [0.15, 0.2) is 5.51 Å². The minimum Gasteiger partial charge on any atom is -0.351 e. The number of piperidine rings is 1. The molecule has 1 aromatic heterocycles. The van der Waals surface area contributed by atoms with Crippen molar-refractivity contribution in [3.8, 4) is 0 Å². The van der Waals surface area contributed by atoms with Crippen molar-refractivity contribution in [3.05, 3.63) is 16.1 Å². The summed E-state index contributed by atoms with van der Waals surface area (Å²) in [6.45, 7) is 6.97. The third-order valence-electron chi connectivity index (χ3n) is 3.44. The van der Waals surface area contributed by atoms with Crippen molar-refractivity contribution < 1.29 is 4.79 Å². The first kappa shape index (κ1) is 18.6. The molecule has 0 radical (unpaired) electrons. The normalized spacial score (nSPS) is 16.9. The molecule has 2 heterocycles. The predicted molar refractivity (Wildman–Crippen MR) is 83.9 cm³/mol. The molecule has 1 aliphatic heterocycles. The van der Waals surface area contributed by atoms with E-state index < -0.39 is 0 Å². The van der Waals surface area contributed by atoms with Gasteiger partial charge < -0.3 is 10.6 Å². The van der Waals surface area contributed by atoms with Gasteiger partial charge in [-0.15, -0.1) is 36.2 Å². The molecule has 0 atom stereocenters. The monoisotopic (exact) mass is 325 g/mol. The zero-order valence-corrected chi connectivity index (χ0v) is 13.6. The van der Waals surface area contributed by atoms with Crippen LogP contribution in [0.25, 0.3) is 0 Å². The van der Waals surface area contributed by atoms with E-state index in [1.807, 2.05) is 6.92 Å². The summed E-state index contributed by atoms with van der Waals surface area (Å²) in [5, 5.41) is 6.38. The second-order valence-electron chi connectivity index (χ2n) is 5.01. The van der Waals surface area contributed by atoms with Crippen LogP contribution in [0, 0.1) is 12.3 Å². The highest BCUT2D eigenvalue weighted by Gasteiger charge is 2.27. The molecule has 4 nitrogen and oxygen atoms in total. The second kappa shape index (κ2) is 8.04. The summed E-state index contributed by atoms with van der Waals surface area (Å²) >= 11 is 1.41. The van der Waals surface area contributed by atoms with Gasteiger partial charge in [-0.25, -0.2) is 4.98 Å². The number of hydrogen-bond donors (Lipinski definition) is 2. The van der Waals surface area contributed by atoms with Crippen molar-refractivity contribution in [1.82, 2.24) is 15.6 Å². The van der Waals surface area contributed by atoms with Crippen LogP contribution in [0.2, 0.25) is 0 Å². The number of halogens is 2. The van der Waals surface area contributed by atoms with Gasteiger partial charge in [0.05, 0.1) is 11.2 Å². The van der Waals surface area contributed by atoms with Crippen LogP contribution in [0.4, 0.5) is 0 Å². The third-order valence-corrected chi connectivity index (χ3v) is 4.37. The lowest BCUT2D eigenvalue weighted by atomic mass is 9.81. The molecular formula is C12H21Cl2N3OS. The van der Waals surface area contributed by atoms with Gasteiger partial charge in [0, 0.05) is 6.54 Å². The first-order valence-electron chi connectivity index (χ1n) is 6.00. The summed E-state index contributed by atoms with van der Waals surface area (Å²) in [6, 6.07) is 0. The molecule has 2 rings (SSSR count). The summed E-state index contributed by atoms with van der Waals surface area (Å²) in [4.78, 5) is 16.8. The fourth-order valence-electron chi connectivity index (χ4n) is 2.10. The zero-order chi connectivity index (χ0) is 12.3. The maximum atomic E-state index is 12.0. The predicted octanol–water partition coefficient (Wildman–Crippen LogP) is 2.41. The topological polar surface area (TPSA) is 54.0 Å². The van der Waals surface area contributed by atoms with Crippen LogP contribution in [-0.4, -0.2) is 30.5 Å². The van der Waals surface area contributed by atoms with Gasteiger partial charge in [-0.3, -0.25) is 4.79 Å². The molecule has 1 fully saturated rings. The molecule has 1 aromatic rings. The van der Waals surface area contributed by atoms with E-state index >= 15 is 0 Å². The fourth-order valence-corrected chi connectivity index (χ4v) is 2.82. The van der Waals surface area contributed by atoms with Crippen molar-refractivity contribution >= 4 is 42.1 Å². The number of carbonyl (C=O) groups excluding carboxylic acids is 1. The molecule has 1 amide bonds. The van der Waals surface area contributed by atoms with E-state index in [9.17, 15) is 4.79 Å². The number of hydrogen-bond acceptors (Lipinski definition) is 4. The van der Waals surface area contributed by atoms with Crippen molar-refractivity contribution in [2.45, 2.75) is 26.7 Å². The number of carbonyl (C=O) groups is 1. The Bertz CT molecular complexity index is 405. The van der Waals surface area contributed by atoms with Crippen LogP contribution in [0.1, 0.15) is 35.1 Å². The van der Waals surface area contributed by atoms with Crippen LogP contribution < -0.4 is 10.6 Å². The molecule has 0 aliphatic carbocycles. The minimum atomic E-state index is 0. The average molecular weight is 326 g/mol. The molecule has 110 valence electrons. The molecule has 0 saturated carbocycles. The van der Waals surface area contributed by atoms with Gasteiger partial charge in [0.25, 0.3) is 5.91 Å². The maximum absolute atomic E-state index is 12.0. The summed E-state index contributed by atoms with van der Waals surface area (Å²) in [7, 11) is 0. The van der Waals surface area contributed by atoms with Gasteiger partial charge >= 0.3 is 0 Å². The smallest absolute Gasteiger partial charge is 0.263 e. The quantitative estimate of drug-likeness (QED) is 0.897. The largest absolute Gasteiger partial charge is 0.351 e. The Hall–Kier alpha value is -0.360. The maximum Gasteiger partial charge on any atom is 0.263 e. The highest BCUT2D eigenvalue weighted by atomic mass is 35.5. The van der Waals surface area contributed by atoms with Gasteiger partial charge in [-0.2, -0.15) is 0 Å². The SMILES string of the molecule is Cc1ncsc1C(=O)NCC1(C)CCNCC1.Cl.Cl. The molecule has 0 spiro atoms. The Balaban J connectivity index is 0.00000162. The van der Waals surface area contributed by atoms with Crippen LogP contribution in [-0.2, 0) is 0 Å². The Morgan fingerprint density at radius 1 is 1.47 bits per heavy atom. The van der Waals surface area contributed by atoms with E-state index in [4.69, 9.17) is 0 Å². The standard InChI is InChI=1S/C12H19N3OS.2ClH/c1-9-10(17-8-15-9)11(16)14-7-12(2)3-5-13-6-4-12;;/h8,13H,3-7H2,1-2H3,(H,14,16);2*1H.